The lowest BCUT2D eigenvalue weighted by Gasteiger charge is -2.14. The molecule has 7 nitrogen and oxygen atoms in total. The van der Waals surface area contributed by atoms with Gasteiger partial charge in [0.05, 0.1) is 5.25 Å². The van der Waals surface area contributed by atoms with Crippen molar-refractivity contribution in [2.75, 3.05) is 16.0 Å². The van der Waals surface area contributed by atoms with Crippen LogP contribution in [0.15, 0.2) is 77.7 Å². The molecule has 164 valence electrons. The summed E-state index contributed by atoms with van der Waals surface area (Å²) in [4.78, 5) is 24.5. The van der Waals surface area contributed by atoms with Gasteiger partial charge in [-0.3, -0.25) is 4.79 Å². The summed E-state index contributed by atoms with van der Waals surface area (Å²) >= 11 is 6.68. The number of para-hydroxylation sites is 1. The van der Waals surface area contributed by atoms with Crippen LogP contribution in [0, 0.1) is 0 Å². The lowest BCUT2D eigenvalue weighted by molar-refractivity contribution is -0.115. The number of carbonyl (C=O) groups is 2. The zero-order chi connectivity index (χ0) is 23.1. The van der Waals surface area contributed by atoms with Crippen LogP contribution in [0.2, 0.25) is 0 Å². The Balaban J connectivity index is 1.54. The van der Waals surface area contributed by atoms with Crippen molar-refractivity contribution in [2.45, 2.75) is 17.1 Å². The van der Waals surface area contributed by atoms with E-state index in [9.17, 15) is 14.7 Å². The first-order valence-corrected chi connectivity index (χ1v) is 10.9. The van der Waals surface area contributed by atoms with Crippen LogP contribution >= 0.6 is 24.0 Å². The maximum Gasteiger partial charge on any atom is 0.339 e. The van der Waals surface area contributed by atoms with E-state index in [4.69, 9.17) is 17.3 Å². The molecule has 32 heavy (non-hydrogen) atoms. The summed E-state index contributed by atoms with van der Waals surface area (Å²) in [7, 11) is 0. The first-order valence-electron chi connectivity index (χ1n) is 9.59. The van der Waals surface area contributed by atoms with Gasteiger partial charge in [-0.2, -0.15) is 0 Å². The van der Waals surface area contributed by atoms with E-state index in [0.29, 0.717) is 10.8 Å². The Kier molecular flexibility index (Phi) is 7.69. The monoisotopic (exact) mass is 467 g/mol. The molecule has 0 aromatic heterocycles. The van der Waals surface area contributed by atoms with Crippen molar-refractivity contribution in [1.29, 1.82) is 0 Å². The first kappa shape index (κ1) is 23.1. The molecule has 1 amide bonds. The Morgan fingerprint density at radius 3 is 2.09 bits per heavy atom. The van der Waals surface area contributed by atoms with Crippen molar-refractivity contribution in [2.24, 2.45) is 0 Å². The summed E-state index contributed by atoms with van der Waals surface area (Å²) in [6, 6.07) is 21.0. The molecule has 5 N–H and O–H groups in total. The standard InChI is InChI=1S/C23H21N3O4S2/c1-14(21(28)24-17-9-12-20(27)19(13-17)22(29)30)32-18-10-7-16(8-11-18)26-23(31)25-15-5-3-2-4-6-15/h2-14,27H,1H3,(H,24,28)(H,29,30)(H2,25,26,31). The average Bonchev–Trinajstić information content (AvgIpc) is 2.76. The Morgan fingerprint density at radius 2 is 1.47 bits per heavy atom. The maximum atomic E-state index is 12.5. The third kappa shape index (κ3) is 6.47. The van der Waals surface area contributed by atoms with Crippen LogP contribution in [0.3, 0.4) is 0 Å². The fourth-order valence-electron chi connectivity index (χ4n) is 2.72. The minimum absolute atomic E-state index is 0.272. The highest BCUT2D eigenvalue weighted by atomic mass is 32.2. The molecule has 9 heteroatoms. The number of aromatic carboxylic acids is 1. The molecule has 0 bridgehead atoms. The predicted molar refractivity (Wildman–Crippen MR) is 132 cm³/mol. The highest BCUT2D eigenvalue weighted by Crippen LogP contribution is 2.27. The Labute approximate surface area is 194 Å². The quantitative estimate of drug-likeness (QED) is 0.187. The van der Waals surface area contributed by atoms with Gasteiger partial charge in [-0.1, -0.05) is 18.2 Å². The van der Waals surface area contributed by atoms with Gasteiger partial charge in [0.15, 0.2) is 5.11 Å². The topological polar surface area (TPSA) is 111 Å². The van der Waals surface area contributed by atoms with Crippen molar-refractivity contribution in [3.63, 3.8) is 0 Å². The van der Waals surface area contributed by atoms with Crippen molar-refractivity contribution in [3.05, 3.63) is 78.4 Å². The number of carboxylic acids is 1. The van der Waals surface area contributed by atoms with Gasteiger partial charge in [-0.25, -0.2) is 4.79 Å². The minimum Gasteiger partial charge on any atom is -0.507 e. The van der Waals surface area contributed by atoms with E-state index >= 15 is 0 Å². The lowest BCUT2D eigenvalue weighted by Crippen LogP contribution is -2.22. The molecule has 1 unspecified atom stereocenters. The highest BCUT2D eigenvalue weighted by Gasteiger charge is 2.17. The summed E-state index contributed by atoms with van der Waals surface area (Å²) in [5, 5.41) is 27.6. The van der Waals surface area contributed by atoms with Crippen molar-refractivity contribution in [1.82, 2.24) is 0 Å². The maximum absolute atomic E-state index is 12.5. The predicted octanol–water partition coefficient (Wildman–Crippen LogP) is 5.02. The Bertz CT molecular complexity index is 1120. The van der Waals surface area contributed by atoms with E-state index in [1.54, 1.807) is 6.92 Å². The van der Waals surface area contributed by atoms with Gasteiger partial charge in [-0.15, -0.1) is 11.8 Å². The molecule has 0 aliphatic rings. The van der Waals surface area contributed by atoms with Gasteiger partial charge in [0, 0.05) is 22.0 Å². The van der Waals surface area contributed by atoms with Gasteiger partial charge in [-0.05, 0) is 73.7 Å². The fourth-order valence-corrected chi connectivity index (χ4v) is 3.82. The number of aromatic hydroxyl groups is 1. The van der Waals surface area contributed by atoms with Crippen LogP contribution in [-0.2, 0) is 4.79 Å². The van der Waals surface area contributed by atoms with Gasteiger partial charge in [0.25, 0.3) is 0 Å². The summed E-state index contributed by atoms with van der Waals surface area (Å²) in [5.41, 5.74) is 1.73. The van der Waals surface area contributed by atoms with Gasteiger partial charge in [0.1, 0.15) is 11.3 Å². The number of rotatable bonds is 7. The summed E-state index contributed by atoms with van der Waals surface area (Å²) in [6.07, 6.45) is 0. The zero-order valence-electron chi connectivity index (χ0n) is 17.0. The molecule has 0 aliphatic carbocycles. The van der Waals surface area contributed by atoms with Crippen molar-refractivity contribution >= 4 is 58.0 Å². The molecular formula is C23H21N3O4S2. The van der Waals surface area contributed by atoms with Crippen LogP contribution in [0.5, 0.6) is 5.75 Å². The molecule has 0 aliphatic heterocycles. The molecule has 0 radical (unpaired) electrons. The third-order valence-corrected chi connectivity index (χ3v) is 5.64. The number of carboxylic acid groups (broad SMARTS) is 1. The van der Waals surface area contributed by atoms with Crippen LogP contribution in [0.25, 0.3) is 0 Å². The second-order valence-corrected chi connectivity index (χ2v) is 8.58. The van der Waals surface area contributed by atoms with Gasteiger partial charge < -0.3 is 26.2 Å². The smallest absolute Gasteiger partial charge is 0.339 e. The molecule has 3 aromatic carbocycles. The number of hydrogen-bond donors (Lipinski definition) is 5. The van der Waals surface area contributed by atoms with Crippen molar-refractivity contribution in [3.8, 4) is 5.75 Å². The molecule has 0 spiro atoms. The SMILES string of the molecule is CC(Sc1ccc(NC(=S)Nc2ccccc2)cc1)C(=O)Nc1ccc(O)c(C(=O)O)c1. The number of thiocarbonyl (C=S) groups is 1. The number of thioether (sulfide) groups is 1. The Morgan fingerprint density at radius 1 is 0.875 bits per heavy atom. The zero-order valence-corrected chi connectivity index (χ0v) is 18.7. The number of nitrogens with one attached hydrogen (secondary N) is 3. The molecule has 1 atom stereocenters. The number of benzene rings is 3. The van der Waals surface area contributed by atoms with E-state index in [1.807, 2.05) is 54.6 Å². The van der Waals surface area contributed by atoms with Crippen LogP contribution in [0.1, 0.15) is 17.3 Å². The summed E-state index contributed by atoms with van der Waals surface area (Å²) in [6.45, 7) is 1.75. The lowest BCUT2D eigenvalue weighted by atomic mass is 10.2. The highest BCUT2D eigenvalue weighted by molar-refractivity contribution is 8.00. The van der Waals surface area contributed by atoms with E-state index < -0.39 is 11.2 Å². The summed E-state index contributed by atoms with van der Waals surface area (Å²) < 4.78 is 0. The first-order chi connectivity index (χ1) is 15.3. The van der Waals surface area contributed by atoms with Crippen LogP contribution < -0.4 is 16.0 Å². The minimum atomic E-state index is -1.27. The number of phenols is 1. The van der Waals surface area contributed by atoms with E-state index in [1.165, 1.54) is 30.0 Å². The molecule has 0 saturated heterocycles. The molecule has 3 aromatic rings. The number of carbonyl (C=O) groups excluding carboxylic acids is 1. The molecular weight excluding hydrogens is 446 g/mol. The van der Waals surface area contributed by atoms with Crippen molar-refractivity contribution < 1.29 is 19.8 Å². The largest absolute Gasteiger partial charge is 0.507 e. The van der Waals surface area contributed by atoms with Crippen LogP contribution in [-0.4, -0.2) is 32.5 Å². The van der Waals surface area contributed by atoms with Crippen LogP contribution in [0.4, 0.5) is 17.1 Å². The molecule has 0 heterocycles. The normalized spacial score (nSPS) is 11.3. The third-order valence-electron chi connectivity index (χ3n) is 4.32. The van der Waals surface area contributed by atoms with E-state index in [0.717, 1.165) is 16.3 Å². The fraction of sp³-hybridized carbons (Fsp3) is 0.0870. The average molecular weight is 468 g/mol. The molecule has 0 saturated carbocycles. The van der Waals surface area contributed by atoms with E-state index in [2.05, 4.69) is 16.0 Å². The number of hydrogen-bond acceptors (Lipinski definition) is 5. The summed E-state index contributed by atoms with van der Waals surface area (Å²) in [5.74, 6) is -1.91. The second-order valence-electron chi connectivity index (χ2n) is 6.76. The van der Waals surface area contributed by atoms with Gasteiger partial charge >= 0.3 is 5.97 Å². The number of amides is 1. The second kappa shape index (κ2) is 10.7. The van der Waals surface area contributed by atoms with E-state index in [-0.39, 0.29) is 17.2 Å². The number of anilines is 3. The van der Waals surface area contributed by atoms with Gasteiger partial charge in [0.2, 0.25) is 5.91 Å². The molecule has 3 rings (SSSR count). The molecule has 0 fully saturated rings. The Hall–Kier alpha value is -3.56.